The smallest absolute Gasteiger partial charge is 0.251 e. The van der Waals surface area contributed by atoms with Gasteiger partial charge in [-0.3, -0.25) is 4.79 Å². The van der Waals surface area contributed by atoms with Gasteiger partial charge in [-0.25, -0.2) is 9.67 Å². The monoisotopic (exact) mass is 630 g/mol. The van der Waals surface area contributed by atoms with Crippen LogP contribution in [0.25, 0.3) is 11.0 Å². The standard InChI is InChI=1S/C35H46N6O5/c1-4-30-28(33(39-27-11-13-46-14-12-27)29-19-38-41(5-2)34(29)40-30)18-37-35(45)25-8-6-7-23(16-25)15-22(3)36-20-32(44)24-9-10-31(43)26(17-24)21-42/h6-10,16-17,19,22,27,32,36,42-44H,4-5,11-15,18,20-21H2,1-3H3,(H,37,45)(H,39,40)/t22?,32-/m0/s1. The van der Waals surface area contributed by atoms with Crippen LogP contribution < -0.4 is 16.0 Å². The molecule has 5 rings (SSSR count). The molecule has 3 heterocycles. The van der Waals surface area contributed by atoms with Gasteiger partial charge < -0.3 is 36.0 Å². The van der Waals surface area contributed by atoms with Crippen LogP contribution in [-0.2, 0) is 37.3 Å². The van der Waals surface area contributed by atoms with Crippen molar-refractivity contribution >= 4 is 22.6 Å². The third-order valence-corrected chi connectivity index (χ3v) is 8.65. The van der Waals surface area contributed by atoms with E-state index in [1.54, 1.807) is 12.1 Å². The number of fused-ring (bicyclic) bond motifs is 1. The van der Waals surface area contributed by atoms with Crippen LogP contribution in [0.4, 0.5) is 5.69 Å². The Morgan fingerprint density at radius 2 is 1.96 bits per heavy atom. The van der Waals surface area contributed by atoms with Gasteiger partial charge >= 0.3 is 0 Å². The molecular weight excluding hydrogens is 584 g/mol. The van der Waals surface area contributed by atoms with Crippen LogP contribution in [0.2, 0.25) is 0 Å². The molecule has 2 aromatic heterocycles. The van der Waals surface area contributed by atoms with Crippen molar-refractivity contribution in [3.8, 4) is 5.75 Å². The van der Waals surface area contributed by atoms with Crippen molar-refractivity contribution in [2.75, 3.05) is 25.1 Å². The minimum atomic E-state index is -0.797. The molecular formula is C35H46N6O5. The Morgan fingerprint density at radius 3 is 2.70 bits per heavy atom. The molecule has 6 N–H and O–H groups in total. The Hall–Kier alpha value is -4.03. The lowest BCUT2D eigenvalue weighted by molar-refractivity contribution is 0.0904. The van der Waals surface area contributed by atoms with E-state index in [-0.39, 0.29) is 30.3 Å². The zero-order valence-electron chi connectivity index (χ0n) is 26.9. The van der Waals surface area contributed by atoms with E-state index in [4.69, 9.17) is 9.72 Å². The van der Waals surface area contributed by atoms with E-state index in [2.05, 4.69) is 34.9 Å². The molecule has 1 saturated heterocycles. The lowest BCUT2D eigenvalue weighted by Gasteiger charge is -2.26. The van der Waals surface area contributed by atoms with E-state index in [0.29, 0.717) is 36.2 Å². The zero-order valence-corrected chi connectivity index (χ0v) is 26.9. The van der Waals surface area contributed by atoms with Gasteiger partial charge in [-0.05, 0) is 74.9 Å². The number of amides is 1. The number of hydrogen-bond donors (Lipinski definition) is 6. The summed E-state index contributed by atoms with van der Waals surface area (Å²) in [7, 11) is 0. The molecule has 0 saturated carbocycles. The summed E-state index contributed by atoms with van der Waals surface area (Å²) >= 11 is 0. The normalized spacial score (nSPS) is 15.2. The summed E-state index contributed by atoms with van der Waals surface area (Å²) in [5.41, 5.74) is 6.34. The van der Waals surface area contributed by atoms with E-state index >= 15 is 0 Å². The molecule has 0 radical (unpaired) electrons. The number of hydrogen-bond acceptors (Lipinski definition) is 9. The number of carbonyl (C=O) groups excluding carboxylic acids is 1. The second kappa shape index (κ2) is 15.5. The summed E-state index contributed by atoms with van der Waals surface area (Å²) in [6, 6.07) is 12.6. The van der Waals surface area contributed by atoms with Crippen molar-refractivity contribution < 1.29 is 24.9 Å². The molecule has 2 aromatic carbocycles. The molecule has 246 valence electrons. The van der Waals surface area contributed by atoms with E-state index in [0.717, 1.165) is 72.6 Å². The minimum absolute atomic E-state index is 0.00306. The number of aliphatic hydroxyl groups excluding tert-OH is 2. The maximum absolute atomic E-state index is 13.4. The average Bonchev–Trinajstić information content (AvgIpc) is 3.50. The minimum Gasteiger partial charge on any atom is -0.508 e. The number of aliphatic hydroxyl groups is 2. The van der Waals surface area contributed by atoms with Crippen LogP contribution in [0.1, 0.15) is 78.0 Å². The number of nitrogens with zero attached hydrogens (tertiary/aromatic N) is 3. The predicted octanol–water partition coefficient (Wildman–Crippen LogP) is 3.99. The first-order valence-corrected chi connectivity index (χ1v) is 16.2. The molecule has 1 amide bonds. The second-order valence-electron chi connectivity index (χ2n) is 12.0. The number of nitrogens with one attached hydrogen (secondary N) is 3. The third-order valence-electron chi connectivity index (χ3n) is 8.65. The molecule has 1 aliphatic heterocycles. The second-order valence-corrected chi connectivity index (χ2v) is 12.0. The van der Waals surface area contributed by atoms with Crippen LogP contribution in [0.3, 0.4) is 0 Å². The van der Waals surface area contributed by atoms with E-state index in [9.17, 15) is 20.1 Å². The molecule has 2 atom stereocenters. The fraction of sp³-hybridized carbons (Fsp3) is 0.457. The Balaban J connectivity index is 1.25. The fourth-order valence-electron chi connectivity index (χ4n) is 6.01. The van der Waals surface area contributed by atoms with Gasteiger partial charge in [-0.2, -0.15) is 5.10 Å². The van der Waals surface area contributed by atoms with E-state index in [1.807, 2.05) is 42.1 Å². The molecule has 1 fully saturated rings. The van der Waals surface area contributed by atoms with Gasteiger partial charge in [-0.1, -0.05) is 25.1 Å². The number of carbonyl (C=O) groups is 1. The summed E-state index contributed by atoms with van der Waals surface area (Å²) in [5, 5.41) is 45.6. The molecule has 11 nitrogen and oxygen atoms in total. The maximum Gasteiger partial charge on any atom is 0.251 e. The molecule has 11 heteroatoms. The van der Waals surface area contributed by atoms with Crippen molar-refractivity contribution in [2.45, 2.75) is 84.3 Å². The van der Waals surface area contributed by atoms with Crippen molar-refractivity contribution in [2.24, 2.45) is 0 Å². The number of rotatable bonds is 14. The van der Waals surface area contributed by atoms with Crippen molar-refractivity contribution in [3.63, 3.8) is 0 Å². The van der Waals surface area contributed by atoms with E-state index in [1.165, 1.54) is 6.07 Å². The number of anilines is 1. The Labute approximate surface area is 270 Å². The largest absolute Gasteiger partial charge is 0.508 e. The molecule has 0 aliphatic carbocycles. The predicted molar refractivity (Wildman–Crippen MR) is 178 cm³/mol. The fourth-order valence-corrected chi connectivity index (χ4v) is 6.01. The number of pyridine rings is 1. The molecule has 1 aliphatic rings. The van der Waals surface area contributed by atoms with Crippen molar-refractivity contribution in [1.29, 1.82) is 0 Å². The van der Waals surface area contributed by atoms with Crippen LogP contribution in [0.5, 0.6) is 5.75 Å². The molecule has 0 spiro atoms. The van der Waals surface area contributed by atoms with Crippen molar-refractivity contribution in [3.05, 3.63) is 82.2 Å². The number of benzene rings is 2. The first-order valence-electron chi connectivity index (χ1n) is 16.2. The average molecular weight is 631 g/mol. The highest BCUT2D eigenvalue weighted by Gasteiger charge is 2.22. The highest BCUT2D eigenvalue weighted by molar-refractivity contribution is 5.95. The van der Waals surface area contributed by atoms with Gasteiger partial charge in [0.05, 0.1) is 30.0 Å². The first kappa shape index (κ1) is 33.3. The summed E-state index contributed by atoms with van der Waals surface area (Å²) in [4.78, 5) is 18.4. The highest BCUT2D eigenvalue weighted by Crippen LogP contribution is 2.31. The number of phenols is 1. The molecule has 46 heavy (non-hydrogen) atoms. The Kier molecular flexibility index (Phi) is 11.2. The first-order chi connectivity index (χ1) is 22.3. The quantitative estimate of drug-likeness (QED) is 0.121. The lowest BCUT2D eigenvalue weighted by atomic mass is 10.0. The summed E-state index contributed by atoms with van der Waals surface area (Å²) in [5.74, 6) is -0.156. The van der Waals surface area contributed by atoms with Crippen LogP contribution in [0.15, 0.2) is 48.7 Å². The molecule has 4 aromatic rings. The number of aryl methyl sites for hydroxylation is 2. The van der Waals surface area contributed by atoms with Crippen LogP contribution in [0, 0.1) is 0 Å². The van der Waals surface area contributed by atoms with Gasteiger partial charge in [0, 0.05) is 67.3 Å². The van der Waals surface area contributed by atoms with Crippen molar-refractivity contribution in [1.82, 2.24) is 25.4 Å². The number of aromatic hydroxyl groups is 1. The topological polar surface area (TPSA) is 154 Å². The van der Waals surface area contributed by atoms with Gasteiger partial charge in [0.25, 0.3) is 5.91 Å². The van der Waals surface area contributed by atoms with Crippen LogP contribution >= 0.6 is 0 Å². The number of ether oxygens (including phenoxy) is 1. The molecule has 1 unspecified atom stereocenters. The third kappa shape index (κ3) is 7.84. The SMILES string of the molecule is CCc1nc2c(cnn2CC)c(NC2CCOCC2)c1CNC(=O)c1cccc(CC(C)NC[C@H](O)c2ccc(O)c(CO)c2)c1. The highest BCUT2D eigenvalue weighted by atomic mass is 16.5. The summed E-state index contributed by atoms with van der Waals surface area (Å²) in [6.45, 7) is 8.67. The molecule has 0 bridgehead atoms. The van der Waals surface area contributed by atoms with Gasteiger partial charge in [-0.15, -0.1) is 0 Å². The van der Waals surface area contributed by atoms with Gasteiger partial charge in [0.1, 0.15) is 5.75 Å². The van der Waals surface area contributed by atoms with Crippen LogP contribution in [-0.4, -0.2) is 67.8 Å². The Morgan fingerprint density at radius 1 is 1.15 bits per heavy atom. The van der Waals surface area contributed by atoms with E-state index < -0.39 is 6.10 Å². The van der Waals surface area contributed by atoms with Gasteiger partial charge in [0.15, 0.2) is 5.65 Å². The lowest BCUT2D eigenvalue weighted by Crippen LogP contribution is -2.32. The van der Waals surface area contributed by atoms with Gasteiger partial charge in [0.2, 0.25) is 0 Å². The maximum atomic E-state index is 13.4. The zero-order chi connectivity index (χ0) is 32.6. The summed E-state index contributed by atoms with van der Waals surface area (Å²) in [6.07, 6.45) is 4.29. The number of aromatic nitrogens is 3. The summed E-state index contributed by atoms with van der Waals surface area (Å²) < 4.78 is 7.49. The Bertz CT molecular complexity index is 1630.